The van der Waals surface area contributed by atoms with E-state index in [4.69, 9.17) is 11.6 Å². The van der Waals surface area contributed by atoms with Gasteiger partial charge in [-0.1, -0.05) is 54.9 Å². The summed E-state index contributed by atoms with van der Waals surface area (Å²) in [6.07, 6.45) is 3.21. The molecule has 1 unspecified atom stereocenters. The molecule has 0 aliphatic heterocycles. The van der Waals surface area contributed by atoms with Gasteiger partial charge < -0.3 is 4.57 Å². The second-order valence-electron chi connectivity index (χ2n) is 4.76. The minimum Gasteiger partial charge on any atom is -0.340 e. The molecule has 2 heteroatoms. The van der Waals surface area contributed by atoms with Crippen LogP contribution < -0.4 is 0 Å². The van der Waals surface area contributed by atoms with Crippen LogP contribution in [0.25, 0.3) is 10.9 Å². The summed E-state index contributed by atoms with van der Waals surface area (Å²) in [6.45, 7) is 2.22. The Labute approximate surface area is 118 Å². The zero-order valence-corrected chi connectivity index (χ0v) is 11.6. The minimum absolute atomic E-state index is 0.358. The maximum Gasteiger partial charge on any atom is 0.0583 e. The molecule has 0 fully saturated rings. The van der Waals surface area contributed by atoms with Crippen LogP contribution in [0.3, 0.4) is 0 Å². The third-order valence-corrected chi connectivity index (χ3v) is 3.83. The molecule has 96 valence electrons. The lowest BCUT2D eigenvalue weighted by Gasteiger charge is -2.19. The fourth-order valence-corrected chi connectivity index (χ4v) is 2.83. The van der Waals surface area contributed by atoms with Crippen LogP contribution in [0, 0.1) is 0 Å². The molecule has 2 aromatic carbocycles. The Hall–Kier alpha value is -1.73. The molecule has 1 nitrogen and oxygen atoms in total. The molecule has 19 heavy (non-hydrogen) atoms. The molecule has 0 radical (unpaired) electrons. The molecule has 1 aromatic heterocycles. The smallest absolute Gasteiger partial charge is 0.0583 e. The van der Waals surface area contributed by atoms with E-state index in [1.54, 1.807) is 0 Å². The Bertz CT molecular complexity index is 685. The number of hydrogen-bond donors (Lipinski definition) is 0. The lowest BCUT2D eigenvalue weighted by atomic mass is 10.0. The van der Waals surface area contributed by atoms with Crippen molar-refractivity contribution < 1.29 is 0 Å². The van der Waals surface area contributed by atoms with Crippen molar-refractivity contribution in [2.45, 2.75) is 19.4 Å². The van der Waals surface area contributed by atoms with Crippen LogP contribution in [0.2, 0.25) is 5.02 Å². The highest BCUT2D eigenvalue weighted by molar-refractivity contribution is 6.31. The first-order chi connectivity index (χ1) is 9.29. The number of rotatable bonds is 3. The van der Waals surface area contributed by atoms with Gasteiger partial charge in [0.25, 0.3) is 0 Å². The maximum absolute atomic E-state index is 6.13. The third kappa shape index (κ3) is 2.26. The van der Waals surface area contributed by atoms with Crippen molar-refractivity contribution in [2.24, 2.45) is 0 Å². The molecule has 1 atom stereocenters. The fraction of sp³-hybridized carbons (Fsp3) is 0.176. The highest BCUT2D eigenvalue weighted by Gasteiger charge is 2.13. The van der Waals surface area contributed by atoms with Crippen LogP contribution in [0.1, 0.15) is 24.9 Å². The maximum atomic E-state index is 6.13. The number of fused-ring (bicyclic) bond motifs is 1. The summed E-state index contributed by atoms with van der Waals surface area (Å²) in [5.74, 6) is 0. The summed E-state index contributed by atoms with van der Waals surface area (Å²) >= 11 is 6.13. The highest BCUT2D eigenvalue weighted by atomic mass is 35.5. The second kappa shape index (κ2) is 5.10. The summed E-state index contributed by atoms with van der Waals surface area (Å²) in [5.41, 5.74) is 2.53. The van der Waals surface area contributed by atoms with E-state index in [9.17, 15) is 0 Å². The predicted octanol–water partition coefficient (Wildman–Crippen LogP) is 5.29. The summed E-state index contributed by atoms with van der Waals surface area (Å²) in [7, 11) is 0. The van der Waals surface area contributed by atoms with E-state index in [0.29, 0.717) is 6.04 Å². The van der Waals surface area contributed by atoms with Crippen molar-refractivity contribution in [3.63, 3.8) is 0 Å². The van der Waals surface area contributed by atoms with Crippen molar-refractivity contribution >= 4 is 22.5 Å². The van der Waals surface area contributed by atoms with Crippen molar-refractivity contribution in [1.82, 2.24) is 4.57 Å². The molecule has 0 saturated heterocycles. The first-order valence-corrected chi connectivity index (χ1v) is 6.98. The van der Waals surface area contributed by atoms with Crippen LogP contribution in [0.5, 0.6) is 0 Å². The lowest BCUT2D eigenvalue weighted by molar-refractivity contribution is 0.585. The summed E-state index contributed by atoms with van der Waals surface area (Å²) in [5, 5.41) is 2.02. The fourth-order valence-electron chi connectivity index (χ4n) is 2.66. The van der Waals surface area contributed by atoms with E-state index in [-0.39, 0.29) is 0 Å². The van der Waals surface area contributed by atoms with E-state index >= 15 is 0 Å². The number of aromatic nitrogens is 1. The van der Waals surface area contributed by atoms with Crippen molar-refractivity contribution in [1.29, 1.82) is 0 Å². The van der Waals surface area contributed by atoms with Gasteiger partial charge in [0.15, 0.2) is 0 Å². The van der Waals surface area contributed by atoms with Crippen LogP contribution in [0.15, 0.2) is 60.8 Å². The van der Waals surface area contributed by atoms with Gasteiger partial charge in [0.1, 0.15) is 0 Å². The van der Waals surface area contributed by atoms with Crippen LogP contribution in [0.4, 0.5) is 0 Å². The molecule has 1 heterocycles. The Balaban J connectivity index is 2.14. The zero-order chi connectivity index (χ0) is 13.2. The summed E-state index contributed by atoms with van der Waals surface area (Å²) in [6, 6.07) is 19.2. The van der Waals surface area contributed by atoms with Gasteiger partial charge in [-0.05, 0) is 35.6 Å². The molecular weight excluding hydrogens is 254 g/mol. The summed E-state index contributed by atoms with van der Waals surface area (Å²) < 4.78 is 2.32. The molecule has 3 aromatic rings. The van der Waals surface area contributed by atoms with E-state index in [1.807, 2.05) is 12.1 Å². The topological polar surface area (TPSA) is 4.93 Å². The van der Waals surface area contributed by atoms with Gasteiger partial charge in [0, 0.05) is 11.2 Å². The van der Waals surface area contributed by atoms with Gasteiger partial charge in [0.05, 0.1) is 11.6 Å². The first kappa shape index (κ1) is 12.3. The van der Waals surface area contributed by atoms with E-state index in [2.05, 4.69) is 60.2 Å². The van der Waals surface area contributed by atoms with E-state index < -0.39 is 0 Å². The van der Waals surface area contributed by atoms with Crippen LogP contribution >= 0.6 is 11.6 Å². The molecule has 0 saturated carbocycles. The number of halogens is 1. The molecule has 0 amide bonds. The normalized spacial score (nSPS) is 12.7. The number of hydrogen-bond acceptors (Lipinski definition) is 0. The molecule has 3 rings (SSSR count). The molecule has 0 bridgehead atoms. The second-order valence-corrected chi connectivity index (χ2v) is 5.20. The number of benzene rings is 2. The first-order valence-electron chi connectivity index (χ1n) is 6.60. The quantitative estimate of drug-likeness (QED) is 0.608. The van der Waals surface area contributed by atoms with Gasteiger partial charge in [-0.25, -0.2) is 0 Å². The number of nitrogens with zero attached hydrogens (tertiary/aromatic N) is 1. The third-order valence-electron chi connectivity index (χ3n) is 3.59. The highest BCUT2D eigenvalue weighted by Crippen LogP contribution is 2.28. The van der Waals surface area contributed by atoms with Crippen molar-refractivity contribution in [3.05, 3.63) is 71.4 Å². The van der Waals surface area contributed by atoms with Gasteiger partial charge in [-0.15, -0.1) is 0 Å². The monoisotopic (exact) mass is 269 g/mol. The predicted molar refractivity (Wildman–Crippen MR) is 81.8 cm³/mol. The lowest BCUT2D eigenvalue weighted by Crippen LogP contribution is -2.08. The van der Waals surface area contributed by atoms with Crippen molar-refractivity contribution in [3.8, 4) is 0 Å². The SMILES string of the molecule is CCC(c1ccccc1)n1ccc2ccc(Cl)cc21. The molecule has 0 N–H and O–H groups in total. The average molecular weight is 270 g/mol. The summed E-state index contributed by atoms with van der Waals surface area (Å²) in [4.78, 5) is 0. The minimum atomic E-state index is 0.358. The van der Waals surface area contributed by atoms with E-state index in [0.717, 1.165) is 11.4 Å². The molecule has 0 spiro atoms. The zero-order valence-electron chi connectivity index (χ0n) is 10.9. The van der Waals surface area contributed by atoms with E-state index in [1.165, 1.54) is 16.5 Å². The molecule has 0 aliphatic rings. The molecular formula is C17H16ClN. The Morgan fingerprint density at radius 3 is 2.58 bits per heavy atom. The van der Waals surface area contributed by atoms with Crippen molar-refractivity contribution in [2.75, 3.05) is 0 Å². The van der Waals surface area contributed by atoms with Gasteiger partial charge in [-0.2, -0.15) is 0 Å². The largest absolute Gasteiger partial charge is 0.340 e. The Morgan fingerprint density at radius 1 is 1.05 bits per heavy atom. The van der Waals surface area contributed by atoms with Crippen LogP contribution in [-0.4, -0.2) is 4.57 Å². The Kier molecular flexibility index (Phi) is 3.31. The standard InChI is InChI=1S/C17H16ClN/c1-2-16(13-6-4-3-5-7-13)19-11-10-14-8-9-15(18)12-17(14)19/h3-12,16H,2H2,1H3. The van der Waals surface area contributed by atoms with Crippen LogP contribution in [-0.2, 0) is 0 Å². The van der Waals surface area contributed by atoms with Gasteiger partial charge in [0.2, 0.25) is 0 Å². The Morgan fingerprint density at radius 2 is 1.84 bits per heavy atom. The van der Waals surface area contributed by atoms with Gasteiger partial charge in [-0.3, -0.25) is 0 Å². The molecule has 0 aliphatic carbocycles. The average Bonchev–Trinajstić information content (AvgIpc) is 2.84. The van der Waals surface area contributed by atoms with Gasteiger partial charge >= 0.3 is 0 Å².